The van der Waals surface area contributed by atoms with Crippen molar-refractivity contribution in [1.82, 2.24) is 0 Å². The van der Waals surface area contributed by atoms with E-state index in [9.17, 15) is 9.59 Å². The molecule has 0 saturated heterocycles. The van der Waals surface area contributed by atoms with Crippen LogP contribution >= 0.6 is 0 Å². The van der Waals surface area contributed by atoms with Gasteiger partial charge in [-0.1, -0.05) is 43.3 Å². The van der Waals surface area contributed by atoms with Gasteiger partial charge in [0.15, 0.2) is 0 Å². The summed E-state index contributed by atoms with van der Waals surface area (Å²) in [6.07, 6.45) is 0.886. The van der Waals surface area contributed by atoms with E-state index in [-0.39, 0.29) is 23.3 Å². The SMILES string of the molecule is C[C@@]1(COC(=O)c2ccccc2)C[C@H]1COC(=O)c1ccccc1. The van der Waals surface area contributed by atoms with Crippen LogP contribution in [0, 0.1) is 11.3 Å². The predicted octanol–water partition coefficient (Wildman–Crippen LogP) is 3.73. The Bertz CT molecular complexity index is 711. The van der Waals surface area contributed by atoms with Gasteiger partial charge in [-0.25, -0.2) is 9.59 Å². The average molecular weight is 324 g/mol. The molecule has 124 valence electrons. The quantitative estimate of drug-likeness (QED) is 0.760. The number of hydrogen-bond donors (Lipinski definition) is 0. The lowest BCUT2D eigenvalue weighted by Gasteiger charge is -2.12. The smallest absolute Gasteiger partial charge is 0.338 e. The number of rotatable bonds is 6. The maximum Gasteiger partial charge on any atom is 0.338 e. The van der Waals surface area contributed by atoms with Gasteiger partial charge in [0.05, 0.1) is 24.3 Å². The van der Waals surface area contributed by atoms with Gasteiger partial charge in [0.25, 0.3) is 0 Å². The maximum atomic E-state index is 12.0. The fourth-order valence-electron chi connectivity index (χ4n) is 2.66. The Hall–Kier alpha value is -2.62. The van der Waals surface area contributed by atoms with Crippen LogP contribution in [-0.2, 0) is 9.47 Å². The van der Waals surface area contributed by atoms with Crippen LogP contribution in [0.1, 0.15) is 34.1 Å². The van der Waals surface area contributed by atoms with Gasteiger partial charge < -0.3 is 9.47 Å². The first-order valence-corrected chi connectivity index (χ1v) is 8.03. The van der Waals surface area contributed by atoms with Gasteiger partial charge in [-0.15, -0.1) is 0 Å². The lowest BCUT2D eigenvalue weighted by Crippen LogP contribution is -2.17. The molecule has 0 aliphatic heterocycles. The zero-order valence-corrected chi connectivity index (χ0v) is 13.6. The van der Waals surface area contributed by atoms with Crippen LogP contribution < -0.4 is 0 Å². The summed E-state index contributed by atoms with van der Waals surface area (Å²) in [5.74, 6) is -0.399. The molecule has 0 bridgehead atoms. The zero-order valence-electron chi connectivity index (χ0n) is 13.6. The minimum Gasteiger partial charge on any atom is -0.462 e. The zero-order chi connectivity index (χ0) is 17.0. The molecule has 0 spiro atoms. The summed E-state index contributed by atoms with van der Waals surface area (Å²) in [6, 6.07) is 17.9. The highest BCUT2D eigenvalue weighted by molar-refractivity contribution is 5.89. The normalized spacial score (nSPS) is 21.8. The van der Waals surface area contributed by atoms with Crippen molar-refractivity contribution >= 4 is 11.9 Å². The molecular formula is C20H20O4. The first-order valence-electron chi connectivity index (χ1n) is 8.03. The number of esters is 2. The largest absolute Gasteiger partial charge is 0.462 e. The molecule has 1 fully saturated rings. The molecule has 4 nitrogen and oxygen atoms in total. The summed E-state index contributed by atoms with van der Waals surface area (Å²) in [5, 5.41) is 0. The predicted molar refractivity (Wildman–Crippen MR) is 89.7 cm³/mol. The number of benzene rings is 2. The lowest BCUT2D eigenvalue weighted by molar-refractivity contribution is 0.0353. The van der Waals surface area contributed by atoms with E-state index in [1.807, 2.05) is 19.1 Å². The van der Waals surface area contributed by atoms with Crippen molar-refractivity contribution < 1.29 is 19.1 Å². The maximum absolute atomic E-state index is 12.0. The molecular weight excluding hydrogens is 304 g/mol. The Morgan fingerprint density at radius 2 is 1.42 bits per heavy atom. The van der Waals surface area contributed by atoms with Gasteiger partial charge in [0, 0.05) is 11.3 Å². The third-order valence-electron chi connectivity index (χ3n) is 4.51. The molecule has 0 amide bonds. The van der Waals surface area contributed by atoms with Gasteiger partial charge in [0.1, 0.15) is 0 Å². The molecule has 1 saturated carbocycles. The molecule has 2 aromatic rings. The van der Waals surface area contributed by atoms with Crippen LogP contribution in [0.15, 0.2) is 60.7 Å². The molecule has 3 rings (SSSR count). The highest BCUT2D eigenvalue weighted by Crippen LogP contribution is 2.52. The number of carbonyl (C=O) groups is 2. The van der Waals surface area contributed by atoms with E-state index in [2.05, 4.69) is 0 Å². The fraction of sp³-hybridized carbons (Fsp3) is 0.300. The van der Waals surface area contributed by atoms with E-state index in [1.54, 1.807) is 48.5 Å². The van der Waals surface area contributed by atoms with Crippen molar-refractivity contribution in [1.29, 1.82) is 0 Å². The van der Waals surface area contributed by atoms with E-state index in [0.29, 0.717) is 24.3 Å². The third kappa shape index (κ3) is 3.82. The van der Waals surface area contributed by atoms with Gasteiger partial charge in [-0.2, -0.15) is 0 Å². The van der Waals surface area contributed by atoms with Crippen LogP contribution in [0.3, 0.4) is 0 Å². The minimum atomic E-state index is -0.316. The summed E-state index contributed by atoms with van der Waals surface area (Å²) in [7, 11) is 0. The summed E-state index contributed by atoms with van der Waals surface area (Å²) in [4.78, 5) is 23.9. The van der Waals surface area contributed by atoms with Crippen molar-refractivity contribution in [3.63, 3.8) is 0 Å². The van der Waals surface area contributed by atoms with Crippen LogP contribution in [-0.4, -0.2) is 25.2 Å². The fourth-order valence-corrected chi connectivity index (χ4v) is 2.66. The molecule has 4 heteroatoms. The number of carbonyl (C=O) groups excluding carboxylic acids is 2. The Morgan fingerprint density at radius 3 is 1.96 bits per heavy atom. The van der Waals surface area contributed by atoms with Gasteiger partial charge in [-0.3, -0.25) is 0 Å². The molecule has 0 unspecified atom stereocenters. The van der Waals surface area contributed by atoms with Crippen molar-refractivity contribution in [2.45, 2.75) is 13.3 Å². The summed E-state index contributed by atoms with van der Waals surface area (Å²) >= 11 is 0. The van der Waals surface area contributed by atoms with E-state index in [4.69, 9.17) is 9.47 Å². The summed E-state index contributed by atoms with van der Waals surface area (Å²) in [6.45, 7) is 2.74. The van der Waals surface area contributed by atoms with E-state index < -0.39 is 0 Å². The Morgan fingerprint density at radius 1 is 0.917 bits per heavy atom. The first-order chi connectivity index (χ1) is 11.6. The average Bonchev–Trinajstić information content (AvgIpc) is 3.29. The Kier molecular flexibility index (Phi) is 4.65. The molecule has 0 N–H and O–H groups in total. The molecule has 1 aliphatic rings. The second kappa shape index (κ2) is 6.87. The van der Waals surface area contributed by atoms with E-state index in [0.717, 1.165) is 6.42 Å². The second-order valence-electron chi connectivity index (χ2n) is 6.46. The van der Waals surface area contributed by atoms with Crippen molar-refractivity contribution in [3.8, 4) is 0 Å². The summed E-state index contributed by atoms with van der Waals surface area (Å²) < 4.78 is 10.8. The van der Waals surface area contributed by atoms with Gasteiger partial charge in [-0.05, 0) is 30.7 Å². The molecule has 0 radical (unpaired) electrons. The van der Waals surface area contributed by atoms with Gasteiger partial charge >= 0.3 is 11.9 Å². The molecule has 0 heterocycles. The molecule has 24 heavy (non-hydrogen) atoms. The molecule has 2 aromatic carbocycles. The molecule has 2 atom stereocenters. The van der Waals surface area contributed by atoms with Crippen molar-refractivity contribution in [3.05, 3.63) is 71.8 Å². The standard InChI is InChI=1S/C20H20O4/c1-20(14-24-19(22)16-10-6-3-7-11-16)12-17(20)13-23-18(21)15-8-4-2-5-9-15/h2-11,17H,12-14H2,1H3/t17-,20-/m0/s1. The first kappa shape index (κ1) is 16.2. The van der Waals surface area contributed by atoms with Crippen molar-refractivity contribution in [2.75, 3.05) is 13.2 Å². The van der Waals surface area contributed by atoms with E-state index >= 15 is 0 Å². The Balaban J connectivity index is 1.44. The third-order valence-corrected chi connectivity index (χ3v) is 4.51. The number of hydrogen-bond acceptors (Lipinski definition) is 4. The highest BCUT2D eigenvalue weighted by atomic mass is 16.5. The topological polar surface area (TPSA) is 52.6 Å². The molecule has 1 aliphatic carbocycles. The van der Waals surface area contributed by atoms with Crippen LogP contribution in [0.4, 0.5) is 0 Å². The monoisotopic (exact) mass is 324 g/mol. The van der Waals surface area contributed by atoms with Crippen LogP contribution in [0.2, 0.25) is 0 Å². The minimum absolute atomic E-state index is 0.110. The lowest BCUT2D eigenvalue weighted by atomic mass is 10.1. The van der Waals surface area contributed by atoms with E-state index in [1.165, 1.54) is 0 Å². The summed E-state index contributed by atoms with van der Waals surface area (Å²) in [5.41, 5.74) is 0.991. The molecule has 0 aromatic heterocycles. The van der Waals surface area contributed by atoms with Crippen molar-refractivity contribution in [2.24, 2.45) is 11.3 Å². The Labute approximate surface area is 141 Å². The highest BCUT2D eigenvalue weighted by Gasteiger charge is 2.51. The van der Waals surface area contributed by atoms with Gasteiger partial charge in [0.2, 0.25) is 0 Å². The van der Waals surface area contributed by atoms with Crippen LogP contribution in [0.25, 0.3) is 0 Å². The second-order valence-corrected chi connectivity index (χ2v) is 6.46. The van der Waals surface area contributed by atoms with Crippen LogP contribution in [0.5, 0.6) is 0 Å². The number of ether oxygens (including phenoxy) is 2.